The average molecular weight is 337 g/mol. The molecule has 0 radical (unpaired) electrons. The Hall–Kier alpha value is -0.990. The standard InChI is InChI=1S/C16H15BrClN/c1-10-2-3-11-4-6-15(13(11)8-10)19-16-7-5-12(17)9-14(16)18/h2-3,5,7-9,15,19H,4,6H2,1H3. The Morgan fingerprint density at radius 3 is 2.84 bits per heavy atom. The van der Waals surface area contributed by atoms with Crippen molar-refractivity contribution in [2.75, 3.05) is 5.32 Å². The summed E-state index contributed by atoms with van der Waals surface area (Å²) in [4.78, 5) is 0. The van der Waals surface area contributed by atoms with Gasteiger partial charge in [0.2, 0.25) is 0 Å². The Morgan fingerprint density at radius 2 is 2.05 bits per heavy atom. The first-order valence-corrected chi connectivity index (χ1v) is 7.61. The molecular weight excluding hydrogens is 322 g/mol. The van der Waals surface area contributed by atoms with Crippen LogP contribution in [0.5, 0.6) is 0 Å². The monoisotopic (exact) mass is 335 g/mol. The fraction of sp³-hybridized carbons (Fsp3) is 0.250. The van der Waals surface area contributed by atoms with Crippen molar-refractivity contribution >= 4 is 33.2 Å². The number of hydrogen-bond donors (Lipinski definition) is 1. The molecule has 1 N–H and O–H groups in total. The predicted octanol–water partition coefficient (Wildman–Crippen LogP) is 5.51. The molecule has 1 unspecified atom stereocenters. The summed E-state index contributed by atoms with van der Waals surface area (Å²) < 4.78 is 1.01. The van der Waals surface area contributed by atoms with Gasteiger partial charge in [0.05, 0.1) is 16.8 Å². The number of benzene rings is 2. The van der Waals surface area contributed by atoms with Crippen LogP contribution < -0.4 is 5.32 Å². The van der Waals surface area contributed by atoms with Crippen LogP contribution in [-0.4, -0.2) is 0 Å². The number of halogens is 2. The van der Waals surface area contributed by atoms with Crippen molar-refractivity contribution in [3.8, 4) is 0 Å². The zero-order valence-corrected chi connectivity index (χ0v) is 13.1. The summed E-state index contributed by atoms with van der Waals surface area (Å²) in [6.07, 6.45) is 2.27. The van der Waals surface area contributed by atoms with Crippen molar-refractivity contribution in [1.29, 1.82) is 0 Å². The van der Waals surface area contributed by atoms with E-state index in [1.807, 2.05) is 18.2 Å². The molecule has 2 aromatic carbocycles. The van der Waals surface area contributed by atoms with Crippen LogP contribution in [0.25, 0.3) is 0 Å². The molecule has 1 aliphatic rings. The smallest absolute Gasteiger partial charge is 0.0648 e. The van der Waals surface area contributed by atoms with Crippen LogP contribution in [0.3, 0.4) is 0 Å². The van der Waals surface area contributed by atoms with Gasteiger partial charge in [-0.1, -0.05) is 51.3 Å². The molecule has 0 heterocycles. The van der Waals surface area contributed by atoms with Crippen LogP contribution in [0.15, 0.2) is 40.9 Å². The summed E-state index contributed by atoms with van der Waals surface area (Å²) in [7, 11) is 0. The zero-order chi connectivity index (χ0) is 13.4. The molecule has 0 fully saturated rings. The van der Waals surface area contributed by atoms with Crippen molar-refractivity contribution < 1.29 is 0 Å². The lowest BCUT2D eigenvalue weighted by Crippen LogP contribution is -2.07. The Labute approximate surface area is 127 Å². The van der Waals surface area contributed by atoms with E-state index in [-0.39, 0.29) is 0 Å². The minimum absolute atomic E-state index is 0.369. The molecule has 1 nitrogen and oxygen atoms in total. The van der Waals surface area contributed by atoms with Gasteiger partial charge in [-0.2, -0.15) is 0 Å². The van der Waals surface area contributed by atoms with Crippen molar-refractivity contribution in [3.05, 3.63) is 62.6 Å². The highest BCUT2D eigenvalue weighted by Gasteiger charge is 2.22. The quantitative estimate of drug-likeness (QED) is 0.762. The van der Waals surface area contributed by atoms with Crippen LogP contribution >= 0.6 is 27.5 Å². The Balaban J connectivity index is 1.88. The average Bonchev–Trinajstić information content (AvgIpc) is 2.75. The molecule has 0 saturated heterocycles. The van der Waals surface area contributed by atoms with Gasteiger partial charge in [0.1, 0.15) is 0 Å². The van der Waals surface area contributed by atoms with Gasteiger partial charge in [0, 0.05) is 4.47 Å². The third-order valence-corrected chi connectivity index (χ3v) is 4.45. The fourth-order valence-electron chi connectivity index (χ4n) is 2.67. The SMILES string of the molecule is Cc1ccc2c(c1)C(Nc1ccc(Br)cc1Cl)CC2. The summed E-state index contributed by atoms with van der Waals surface area (Å²) in [6, 6.07) is 13.1. The summed E-state index contributed by atoms with van der Waals surface area (Å²) in [5, 5.41) is 4.33. The van der Waals surface area contributed by atoms with Gasteiger partial charge >= 0.3 is 0 Å². The maximum atomic E-state index is 6.27. The number of hydrogen-bond acceptors (Lipinski definition) is 1. The Morgan fingerprint density at radius 1 is 1.21 bits per heavy atom. The number of rotatable bonds is 2. The van der Waals surface area contributed by atoms with Crippen LogP contribution in [0.1, 0.15) is 29.2 Å². The summed E-state index contributed by atoms with van der Waals surface area (Å²) in [5.41, 5.74) is 5.19. The van der Waals surface area contributed by atoms with Gasteiger partial charge in [-0.05, 0) is 49.1 Å². The molecule has 0 spiro atoms. The highest BCUT2D eigenvalue weighted by molar-refractivity contribution is 9.10. The van der Waals surface area contributed by atoms with Gasteiger partial charge < -0.3 is 5.32 Å². The first-order chi connectivity index (χ1) is 9.13. The lowest BCUT2D eigenvalue weighted by molar-refractivity contribution is 0.762. The molecule has 2 aromatic rings. The number of aryl methyl sites for hydroxylation is 2. The predicted molar refractivity (Wildman–Crippen MR) is 85.0 cm³/mol. The van der Waals surface area contributed by atoms with Crippen molar-refractivity contribution in [2.24, 2.45) is 0 Å². The maximum absolute atomic E-state index is 6.27. The third-order valence-electron chi connectivity index (χ3n) is 3.64. The number of anilines is 1. The molecule has 1 aliphatic carbocycles. The molecule has 0 aromatic heterocycles. The third kappa shape index (κ3) is 2.65. The highest BCUT2D eigenvalue weighted by atomic mass is 79.9. The van der Waals surface area contributed by atoms with E-state index < -0.39 is 0 Å². The van der Waals surface area contributed by atoms with Gasteiger partial charge in [-0.3, -0.25) is 0 Å². The number of fused-ring (bicyclic) bond motifs is 1. The normalized spacial score (nSPS) is 17.3. The van der Waals surface area contributed by atoms with E-state index in [4.69, 9.17) is 11.6 Å². The second kappa shape index (κ2) is 5.18. The summed E-state index contributed by atoms with van der Waals surface area (Å²) in [5.74, 6) is 0. The van der Waals surface area contributed by atoms with Gasteiger partial charge in [0.25, 0.3) is 0 Å². The van der Waals surface area contributed by atoms with E-state index >= 15 is 0 Å². The first-order valence-electron chi connectivity index (χ1n) is 6.44. The minimum atomic E-state index is 0.369. The second-order valence-corrected chi connectivity index (χ2v) is 6.38. The van der Waals surface area contributed by atoms with Crippen LogP contribution in [0.2, 0.25) is 5.02 Å². The lowest BCUT2D eigenvalue weighted by Gasteiger charge is -2.17. The molecule has 0 amide bonds. The largest absolute Gasteiger partial charge is 0.377 e. The van der Waals surface area contributed by atoms with E-state index in [2.05, 4.69) is 46.4 Å². The van der Waals surface area contributed by atoms with E-state index in [0.29, 0.717) is 6.04 Å². The van der Waals surface area contributed by atoms with E-state index in [1.54, 1.807) is 0 Å². The second-order valence-electron chi connectivity index (χ2n) is 5.06. The van der Waals surface area contributed by atoms with Crippen LogP contribution in [0, 0.1) is 6.92 Å². The molecular formula is C16H15BrClN. The zero-order valence-electron chi connectivity index (χ0n) is 10.7. The van der Waals surface area contributed by atoms with Crippen LogP contribution in [-0.2, 0) is 6.42 Å². The molecule has 98 valence electrons. The topological polar surface area (TPSA) is 12.0 Å². The van der Waals surface area contributed by atoms with Crippen LogP contribution in [0.4, 0.5) is 5.69 Å². The number of nitrogens with one attached hydrogen (secondary N) is 1. The molecule has 1 atom stereocenters. The molecule has 0 aliphatic heterocycles. The maximum Gasteiger partial charge on any atom is 0.0648 e. The van der Waals surface area contributed by atoms with Crippen molar-refractivity contribution in [3.63, 3.8) is 0 Å². The van der Waals surface area contributed by atoms with Gasteiger partial charge in [0.15, 0.2) is 0 Å². The molecule has 3 rings (SSSR count). The van der Waals surface area contributed by atoms with Gasteiger partial charge in [-0.25, -0.2) is 0 Å². The molecule has 3 heteroatoms. The molecule has 19 heavy (non-hydrogen) atoms. The Bertz CT molecular complexity index is 624. The molecule has 0 saturated carbocycles. The lowest BCUT2D eigenvalue weighted by atomic mass is 10.0. The fourth-order valence-corrected chi connectivity index (χ4v) is 3.39. The first kappa shape index (κ1) is 13.0. The van der Waals surface area contributed by atoms with Gasteiger partial charge in [-0.15, -0.1) is 0 Å². The minimum Gasteiger partial charge on any atom is -0.377 e. The van der Waals surface area contributed by atoms with Crippen molar-refractivity contribution in [1.82, 2.24) is 0 Å². The van der Waals surface area contributed by atoms with Crippen molar-refractivity contribution in [2.45, 2.75) is 25.8 Å². The summed E-state index contributed by atoms with van der Waals surface area (Å²) >= 11 is 9.71. The van der Waals surface area contributed by atoms with E-state index in [0.717, 1.165) is 28.0 Å². The highest BCUT2D eigenvalue weighted by Crippen LogP contribution is 2.36. The molecule has 0 bridgehead atoms. The Kier molecular flexibility index (Phi) is 3.55. The summed E-state index contributed by atoms with van der Waals surface area (Å²) in [6.45, 7) is 2.14. The van der Waals surface area contributed by atoms with E-state index in [9.17, 15) is 0 Å². The van der Waals surface area contributed by atoms with E-state index in [1.165, 1.54) is 16.7 Å².